The molecule has 1 saturated carbocycles. The zero-order chi connectivity index (χ0) is 11.9. The van der Waals surface area contributed by atoms with E-state index in [1.165, 1.54) is 6.07 Å². The second kappa shape index (κ2) is 3.57. The van der Waals surface area contributed by atoms with Crippen molar-refractivity contribution in [2.45, 2.75) is 19.8 Å². The van der Waals surface area contributed by atoms with E-state index in [9.17, 15) is 4.39 Å². The first kappa shape index (κ1) is 11.1. The van der Waals surface area contributed by atoms with Gasteiger partial charge in [0, 0.05) is 0 Å². The maximum atomic E-state index is 13.2. The van der Waals surface area contributed by atoms with Crippen LogP contribution < -0.4 is 5.73 Å². The van der Waals surface area contributed by atoms with Crippen LogP contribution in [0.5, 0.6) is 0 Å². The van der Waals surface area contributed by atoms with E-state index in [0.29, 0.717) is 18.4 Å². The van der Waals surface area contributed by atoms with Crippen molar-refractivity contribution < 1.29 is 4.39 Å². The second-order valence-electron chi connectivity index (χ2n) is 4.99. The number of rotatable bonds is 2. The van der Waals surface area contributed by atoms with E-state index < -0.39 is 5.82 Å². The number of hydrogen-bond acceptors (Lipinski definition) is 2. The normalized spacial score (nSPS) is 26.2. The van der Waals surface area contributed by atoms with Gasteiger partial charge in [-0.25, -0.2) is 4.39 Å². The Hall–Kier alpha value is -1.40. The van der Waals surface area contributed by atoms with Gasteiger partial charge in [-0.1, -0.05) is 19.9 Å². The molecule has 84 valence electrons. The standard InChI is InChI=1S/C13H15FN2/c1-13(2)10(7-16)12(13)8-3-4-11(14)9(5-8)6-15/h3-5,10,12H,7,16H2,1-2H3/t10-,12-/m1/s1. The van der Waals surface area contributed by atoms with Crippen LogP contribution in [0.25, 0.3) is 0 Å². The predicted octanol–water partition coefficient (Wildman–Crippen LogP) is 2.40. The Morgan fingerprint density at radius 2 is 2.19 bits per heavy atom. The summed E-state index contributed by atoms with van der Waals surface area (Å²) in [5.41, 5.74) is 7.01. The molecule has 1 aliphatic rings. The summed E-state index contributed by atoms with van der Waals surface area (Å²) < 4.78 is 13.2. The van der Waals surface area contributed by atoms with Gasteiger partial charge in [-0.15, -0.1) is 0 Å². The molecule has 16 heavy (non-hydrogen) atoms. The lowest BCUT2D eigenvalue weighted by molar-refractivity contribution is 0.558. The summed E-state index contributed by atoms with van der Waals surface area (Å²) in [7, 11) is 0. The van der Waals surface area contributed by atoms with E-state index in [2.05, 4.69) is 13.8 Å². The van der Waals surface area contributed by atoms with Gasteiger partial charge >= 0.3 is 0 Å². The number of hydrogen-bond donors (Lipinski definition) is 1. The Kier molecular flexibility index (Phi) is 2.47. The van der Waals surface area contributed by atoms with E-state index in [-0.39, 0.29) is 11.0 Å². The average molecular weight is 218 g/mol. The third-order valence-corrected chi connectivity index (χ3v) is 3.77. The van der Waals surface area contributed by atoms with Crippen molar-refractivity contribution in [3.05, 3.63) is 35.1 Å². The maximum Gasteiger partial charge on any atom is 0.140 e. The van der Waals surface area contributed by atoms with Crippen molar-refractivity contribution in [2.24, 2.45) is 17.1 Å². The maximum absolute atomic E-state index is 13.2. The van der Waals surface area contributed by atoms with Crippen LogP contribution in [0.4, 0.5) is 4.39 Å². The summed E-state index contributed by atoms with van der Waals surface area (Å²) in [6.45, 7) is 4.95. The number of halogens is 1. The smallest absolute Gasteiger partial charge is 0.140 e. The lowest BCUT2D eigenvalue weighted by Crippen LogP contribution is -2.05. The third kappa shape index (κ3) is 1.50. The SMILES string of the molecule is CC1(C)[C@H](CN)[C@H]1c1ccc(F)c(C#N)c1. The van der Waals surface area contributed by atoms with Crippen molar-refractivity contribution >= 4 is 0 Å². The predicted molar refractivity (Wildman–Crippen MR) is 60.2 cm³/mol. The quantitative estimate of drug-likeness (QED) is 0.828. The van der Waals surface area contributed by atoms with Gasteiger partial charge in [-0.05, 0) is 41.5 Å². The minimum absolute atomic E-state index is 0.121. The minimum atomic E-state index is -0.450. The van der Waals surface area contributed by atoms with Crippen LogP contribution in [0, 0.1) is 28.5 Å². The Balaban J connectivity index is 2.34. The molecule has 1 aliphatic carbocycles. The molecule has 0 aromatic heterocycles. The molecule has 1 aromatic rings. The second-order valence-corrected chi connectivity index (χ2v) is 4.99. The van der Waals surface area contributed by atoms with Gasteiger partial charge in [0.15, 0.2) is 0 Å². The van der Waals surface area contributed by atoms with Gasteiger partial charge in [0.1, 0.15) is 11.9 Å². The Labute approximate surface area is 94.9 Å². The van der Waals surface area contributed by atoms with Crippen molar-refractivity contribution in [1.82, 2.24) is 0 Å². The number of nitrogens with two attached hydrogens (primary N) is 1. The molecule has 1 fully saturated rings. The molecule has 0 radical (unpaired) electrons. The summed E-state index contributed by atoms with van der Waals surface area (Å²) in [5.74, 6) is 0.337. The van der Waals surface area contributed by atoms with E-state index in [4.69, 9.17) is 11.0 Å². The monoisotopic (exact) mass is 218 g/mol. The first-order valence-electron chi connectivity index (χ1n) is 5.42. The molecule has 2 nitrogen and oxygen atoms in total. The fourth-order valence-electron chi connectivity index (χ4n) is 2.67. The molecule has 0 heterocycles. The molecular formula is C13H15FN2. The highest BCUT2D eigenvalue weighted by Gasteiger charge is 2.57. The number of nitrogens with zero attached hydrogens (tertiary/aromatic N) is 1. The van der Waals surface area contributed by atoms with E-state index in [1.807, 2.05) is 6.07 Å². The van der Waals surface area contributed by atoms with Crippen molar-refractivity contribution in [1.29, 1.82) is 5.26 Å². The van der Waals surface area contributed by atoms with Crippen LogP contribution in [0.2, 0.25) is 0 Å². The summed E-state index contributed by atoms with van der Waals surface area (Å²) in [5, 5.41) is 8.78. The Morgan fingerprint density at radius 3 is 2.69 bits per heavy atom. The van der Waals surface area contributed by atoms with Crippen LogP contribution in [0.3, 0.4) is 0 Å². The van der Waals surface area contributed by atoms with Crippen LogP contribution in [-0.2, 0) is 0 Å². The zero-order valence-electron chi connectivity index (χ0n) is 9.50. The van der Waals surface area contributed by atoms with Gasteiger partial charge in [0.25, 0.3) is 0 Å². The molecule has 0 spiro atoms. The topological polar surface area (TPSA) is 49.8 Å². The van der Waals surface area contributed by atoms with Gasteiger partial charge in [-0.2, -0.15) is 5.26 Å². The Bertz CT molecular complexity index is 459. The zero-order valence-corrected chi connectivity index (χ0v) is 9.50. The van der Waals surface area contributed by atoms with Crippen LogP contribution in [-0.4, -0.2) is 6.54 Å². The van der Waals surface area contributed by atoms with Crippen molar-refractivity contribution in [3.8, 4) is 6.07 Å². The lowest BCUT2D eigenvalue weighted by atomic mass is 10.0. The summed E-state index contributed by atoms with van der Waals surface area (Å²) in [6.07, 6.45) is 0. The summed E-state index contributed by atoms with van der Waals surface area (Å²) in [4.78, 5) is 0. The fraction of sp³-hybridized carbons (Fsp3) is 0.462. The Morgan fingerprint density at radius 1 is 1.50 bits per heavy atom. The van der Waals surface area contributed by atoms with Crippen LogP contribution >= 0.6 is 0 Å². The van der Waals surface area contributed by atoms with Gasteiger partial charge in [0.05, 0.1) is 5.56 Å². The molecule has 1 aromatic carbocycles. The van der Waals surface area contributed by atoms with E-state index in [0.717, 1.165) is 5.56 Å². The third-order valence-electron chi connectivity index (χ3n) is 3.77. The van der Waals surface area contributed by atoms with Crippen molar-refractivity contribution in [3.63, 3.8) is 0 Å². The van der Waals surface area contributed by atoms with Gasteiger partial charge in [0.2, 0.25) is 0 Å². The number of benzene rings is 1. The largest absolute Gasteiger partial charge is 0.330 e. The molecule has 2 N–H and O–H groups in total. The molecule has 0 unspecified atom stereocenters. The highest BCUT2D eigenvalue weighted by molar-refractivity contribution is 5.40. The van der Waals surface area contributed by atoms with Gasteiger partial charge < -0.3 is 5.73 Å². The van der Waals surface area contributed by atoms with Gasteiger partial charge in [-0.3, -0.25) is 0 Å². The molecule has 0 amide bonds. The number of nitriles is 1. The molecule has 0 aliphatic heterocycles. The summed E-state index contributed by atoms with van der Waals surface area (Å²) in [6, 6.07) is 6.66. The average Bonchev–Trinajstić information content (AvgIpc) is 2.81. The molecule has 3 heteroatoms. The summed E-state index contributed by atoms with van der Waals surface area (Å²) >= 11 is 0. The molecule has 0 saturated heterocycles. The first-order chi connectivity index (χ1) is 7.52. The molecular weight excluding hydrogens is 203 g/mol. The van der Waals surface area contributed by atoms with E-state index in [1.54, 1.807) is 12.1 Å². The minimum Gasteiger partial charge on any atom is -0.330 e. The lowest BCUT2D eigenvalue weighted by Gasteiger charge is -2.04. The molecule has 0 bridgehead atoms. The first-order valence-corrected chi connectivity index (χ1v) is 5.42. The fourth-order valence-corrected chi connectivity index (χ4v) is 2.67. The molecule has 2 rings (SSSR count). The highest BCUT2D eigenvalue weighted by atomic mass is 19.1. The highest BCUT2D eigenvalue weighted by Crippen LogP contribution is 2.63. The van der Waals surface area contributed by atoms with E-state index >= 15 is 0 Å². The molecule has 2 atom stereocenters. The van der Waals surface area contributed by atoms with Crippen LogP contribution in [0.15, 0.2) is 18.2 Å². The van der Waals surface area contributed by atoms with Crippen LogP contribution in [0.1, 0.15) is 30.9 Å². The van der Waals surface area contributed by atoms with Crippen molar-refractivity contribution in [2.75, 3.05) is 6.54 Å².